The van der Waals surface area contributed by atoms with E-state index in [4.69, 9.17) is 10.8 Å². The van der Waals surface area contributed by atoms with Gasteiger partial charge in [0.1, 0.15) is 6.10 Å². The molecule has 4 nitrogen and oxygen atoms in total. The molecule has 2 atom stereocenters. The highest BCUT2D eigenvalue weighted by molar-refractivity contribution is 5.64. The number of carbonyl (C=O) groups is 1. The fourth-order valence-electron chi connectivity index (χ4n) is 1.19. The molecule has 1 rings (SSSR count). The lowest BCUT2D eigenvalue weighted by Gasteiger charge is -2.07. The summed E-state index contributed by atoms with van der Waals surface area (Å²) in [5.41, 5.74) is 4.77. The summed E-state index contributed by atoms with van der Waals surface area (Å²) in [4.78, 5) is 10.2. The summed E-state index contributed by atoms with van der Waals surface area (Å²) in [6, 6.07) is 0. The summed E-state index contributed by atoms with van der Waals surface area (Å²) in [6.07, 6.45) is 0.737. The van der Waals surface area contributed by atoms with Crippen molar-refractivity contribution in [2.45, 2.75) is 31.5 Å². The Kier molecular flexibility index (Phi) is 2.11. The van der Waals surface area contributed by atoms with Crippen LogP contribution in [0.15, 0.2) is 0 Å². The zero-order chi connectivity index (χ0) is 7.56. The van der Waals surface area contributed by atoms with Gasteiger partial charge in [-0.05, 0) is 12.8 Å². The first-order valence-corrected chi connectivity index (χ1v) is 3.32. The molecule has 1 aliphatic carbocycles. The standard InChI is InChI=1S/C6H11NO3/c7-6(9)10-5-2-1-4(8)3-5/h4-5,8H,1-3H2,(H2,7,9)/t4-,5-/m0/s1. The molecule has 0 aromatic rings. The molecule has 0 saturated heterocycles. The van der Waals surface area contributed by atoms with Crippen molar-refractivity contribution in [3.8, 4) is 0 Å². The van der Waals surface area contributed by atoms with Crippen LogP contribution in [0.1, 0.15) is 19.3 Å². The number of ether oxygens (including phenoxy) is 1. The Hall–Kier alpha value is -0.770. The fraction of sp³-hybridized carbons (Fsp3) is 0.833. The topological polar surface area (TPSA) is 72.6 Å². The van der Waals surface area contributed by atoms with E-state index in [1.807, 2.05) is 0 Å². The van der Waals surface area contributed by atoms with Gasteiger partial charge in [0.2, 0.25) is 0 Å². The lowest BCUT2D eigenvalue weighted by molar-refractivity contribution is 0.0965. The van der Waals surface area contributed by atoms with Crippen molar-refractivity contribution in [2.24, 2.45) is 5.73 Å². The molecule has 0 radical (unpaired) electrons. The maximum atomic E-state index is 10.2. The molecule has 0 spiro atoms. The predicted octanol–water partition coefficient (Wildman–Crippen LogP) is -0.00490. The van der Waals surface area contributed by atoms with Gasteiger partial charge in [-0.15, -0.1) is 0 Å². The van der Waals surface area contributed by atoms with Crippen molar-refractivity contribution in [3.05, 3.63) is 0 Å². The van der Waals surface area contributed by atoms with Crippen molar-refractivity contribution in [3.63, 3.8) is 0 Å². The van der Waals surface area contributed by atoms with Crippen LogP contribution in [0.4, 0.5) is 4.79 Å². The number of primary amides is 1. The van der Waals surface area contributed by atoms with E-state index in [1.165, 1.54) is 0 Å². The van der Waals surface area contributed by atoms with Gasteiger partial charge in [0, 0.05) is 6.42 Å². The van der Waals surface area contributed by atoms with Crippen LogP contribution in [-0.4, -0.2) is 23.4 Å². The van der Waals surface area contributed by atoms with Gasteiger partial charge in [-0.1, -0.05) is 0 Å². The largest absolute Gasteiger partial charge is 0.446 e. The van der Waals surface area contributed by atoms with E-state index in [0.29, 0.717) is 12.8 Å². The van der Waals surface area contributed by atoms with E-state index in [0.717, 1.165) is 6.42 Å². The van der Waals surface area contributed by atoms with Gasteiger partial charge in [-0.25, -0.2) is 4.79 Å². The Labute approximate surface area is 59.0 Å². The zero-order valence-electron chi connectivity index (χ0n) is 5.62. The summed E-state index contributed by atoms with van der Waals surface area (Å²) < 4.78 is 4.66. The van der Waals surface area contributed by atoms with Crippen molar-refractivity contribution in [2.75, 3.05) is 0 Å². The van der Waals surface area contributed by atoms with E-state index in [2.05, 4.69) is 4.74 Å². The number of aliphatic hydroxyl groups excluding tert-OH is 1. The normalized spacial score (nSPS) is 32.1. The molecule has 58 valence electrons. The molecule has 1 fully saturated rings. The molecule has 3 N–H and O–H groups in total. The number of hydrogen-bond donors (Lipinski definition) is 2. The van der Waals surface area contributed by atoms with Crippen LogP contribution in [0.5, 0.6) is 0 Å². The SMILES string of the molecule is NC(=O)O[C@H]1CC[C@H](O)C1. The van der Waals surface area contributed by atoms with E-state index < -0.39 is 6.09 Å². The molecular weight excluding hydrogens is 134 g/mol. The molecule has 0 bridgehead atoms. The quantitative estimate of drug-likeness (QED) is 0.545. The summed E-state index contributed by atoms with van der Waals surface area (Å²) in [5, 5.41) is 8.98. The Morgan fingerprint density at radius 2 is 2.30 bits per heavy atom. The lowest BCUT2D eigenvalue weighted by Crippen LogP contribution is -2.20. The Morgan fingerprint density at radius 1 is 1.60 bits per heavy atom. The number of hydrogen-bond acceptors (Lipinski definition) is 3. The fourth-order valence-corrected chi connectivity index (χ4v) is 1.19. The highest BCUT2D eigenvalue weighted by atomic mass is 16.6. The first kappa shape index (κ1) is 7.34. The zero-order valence-corrected chi connectivity index (χ0v) is 5.62. The van der Waals surface area contributed by atoms with Gasteiger partial charge < -0.3 is 15.6 Å². The van der Waals surface area contributed by atoms with Crippen LogP contribution in [0.2, 0.25) is 0 Å². The molecule has 0 aliphatic heterocycles. The molecule has 10 heavy (non-hydrogen) atoms. The Morgan fingerprint density at radius 3 is 2.70 bits per heavy atom. The molecule has 4 heteroatoms. The van der Waals surface area contributed by atoms with Gasteiger partial charge in [-0.2, -0.15) is 0 Å². The highest BCUT2D eigenvalue weighted by Crippen LogP contribution is 2.21. The van der Waals surface area contributed by atoms with Crippen LogP contribution in [-0.2, 0) is 4.74 Å². The third kappa shape index (κ3) is 1.88. The second-order valence-electron chi connectivity index (χ2n) is 2.53. The molecule has 1 saturated carbocycles. The molecule has 0 heterocycles. The van der Waals surface area contributed by atoms with E-state index in [1.54, 1.807) is 0 Å². The second-order valence-corrected chi connectivity index (χ2v) is 2.53. The first-order valence-electron chi connectivity index (χ1n) is 3.32. The Balaban J connectivity index is 2.24. The molecule has 0 aromatic carbocycles. The third-order valence-electron chi connectivity index (χ3n) is 1.64. The number of amides is 1. The average molecular weight is 145 g/mol. The maximum absolute atomic E-state index is 10.2. The summed E-state index contributed by atoms with van der Waals surface area (Å²) in [6.45, 7) is 0. The van der Waals surface area contributed by atoms with E-state index in [-0.39, 0.29) is 12.2 Å². The Bertz CT molecular complexity index is 137. The molecular formula is C6H11NO3. The first-order chi connectivity index (χ1) is 4.68. The lowest BCUT2D eigenvalue weighted by atomic mass is 10.3. The van der Waals surface area contributed by atoms with Crippen LogP contribution in [0, 0.1) is 0 Å². The summed E-state index contributed by atoms with van der Waals surface area (Å²) in [5.74, 6) is 0. The monoisotopic (exact) mass is 145 g/mol. The van der Waals surface area contributed by atoms with Crippen LogP contribution in [0.25, 0.3) is 0 Å². The van der Waals surface area contributed by atoms with Crippen molar-refractivity contribution in [1.29, 1.82) is 0 Å². The molecule has 0 unspecified atom stereocenters. The van der Waals surface area contributed by atoms with Crippen molar-refractivity contribution in [1.82, 2.24) is 0 Å². The average Bonchev–Trinajstić information content (AvgIpc) is 2.13. The van der Waals surface area contributed by atoms with Crippen LogP contribution in [0.3, 0.4) is 0 Å². The van der Waals surface area contributed by atoms with Gasteiger partial charge >= 0.3 is 6.09 Å². The minimum atomic E-state index is -0.751. The smallest absolute Gasteiger partial charge is 0.404 e. The van der Waals surface area contributed by atoms with Crippen molar-refractivity contribution < 1.29 is 14.6 Å². The second kappa shape index (κ2) is 2.88. The van der Waals surface area contributed by atoms with Crippen LogP contribution < -0.4 is 5.73 Å². The molecule has 1 amide bonds. The number of nitrogens with two attached hydrogens (primary N) is 1. The minimum Gasteiger partial charge on any atom is -0.446 e. The van der Waals surface area contributed by atoms with E-state index >= 15 is 0 Å². The van der Waals surface area contributed by atoms with Gasteiger partial charge in [0.25, 0.3) is 0 Å². The van der Waals surface area contributed by atoms with Gasteiger partial charge in [-0.3, -0.25) is 0 Å². The highest BCUT2D eigenvalue weighted by Gasteiger charge is 2.24. The van der Waals surface area contributed by atoms with Gasteiger partial charge in [0.15, 0.2) is 0 Å². The minimum absolute atomic E-state index is 0.160. The number of carbonyl (C=O) groups excluding carboxylic acids is 1. The third-order valence-corrected chi connectivity index (χ3v) is 1.64. The molecule has 0 aromatic heterocycles. The summed E-state index contributed by atoms with van der Waals surface area (Å²) in [7, 11) is 0. The number of rotatable bonds is 1. The molecule has 1 aliphatic rings. The van der Waals surface area contributed by atoms with Crippen LogP contribution >= 0.6 is 0 Å². The number of aliphatic hydroxyl groups is 1. The summed E-state index contributed by atoms with van der Waals surface area (Å²) >= 11 is 0. The van der Waals surface area contributed by atoms with E-state index in [9.17, 15) is 4.79 Å². The predicted molar refractivity (Wildman–Crippen MR) is 34.3 cm³/mol. The maximum Gasteiger partial charge on any atom is 0.404 e. The van der Waals surface area contributed by atoms with Crippen molar-refractivity contribution >= 4 is 6.09 Å². The van der Waals surface area contributed by atoms with Gasteiger partial charge in [0.05, 0.1) is 6.10 Å².